The maximum absolute atomic E-state index is 11.4. The summed E-state index contributed by atoms with van der Waals surface area (Å²) in [5.41, 5.74) is 5.28. The summed E-state index contributed by atoms with van der Waals surface area (Å²) in [4.78, 5) is 17.4. The van der Waals surface area contributed by atoms with E-state index in [-0.39, 0.29) is 0 Å². The van der Waals surface area contributed by atoms with Gasteiger partial charge < -0.3 is 14.8 Å². The molecule has 2 N–H and O–H groups in total. The summed E-state index contributed by atoms with van der Waals surface area (Å²) in [5.74, 6) is 1.83. The predicted molar refractivity (Wildman–Crippen MR) is 129 cm³/mol. The number of H-pyrrole nitrogens is 1. The van der Waals surface area contributed by atoms with E-state index in [1.165, 1.54) is 46.9 Å². The molecule has 0 radical (unpaired) electrons. The summed E-state index contributed by atoms with van der Waals surface area (Å²) in [5, 5.41) is 10.6. The van der Waals surface area contributed by atoms with Gasteiger partial charge in [-0.25, -0.2) is 4.79 Å². The van der Waals surface area contributed by atoms with Crippen molar-refractivity contribution in [1.29, 1.82) is 0 Å². The monoisotopic (exact) mass is 444 g/mol. The Morgan fingerprint density at radius 3 is 2.58 bits per heavy atom. The summed E-state index contributed by atoms with van der Waals surface area (Å²) >= 11 is 0. The van der Waals surface area contributed by atoms with Gasteiger partial charge in [-0.05, 0) is 99.2 Å². The third kappa shape index (κ3) is 4.15. The third-order valence-electron chi connectivity index (χ3n) is 7.88. The largest absolute Gasteiger partial charge is 0.490 e. The van der Waals surface area contributed by atoms with E-state index in [0.29, 0.717) is 17.7 Å². The van der Waals surface area contributed by atoms with Gasteiger partial charge in [-0.15, -0.1) is 0 Å². The van der Waals surface area contributed by atoms with E-state index in [2.05, 4.69) is 28.9 Å². The summed E-state index contributed by atoms with van der Waals surface area (Å²) in [7, 11) is 0. The van der Waals surface area contributed by atoms with Crippen LogP contribution in [0.1, 0.15) is 71.6 Å². The van der Waals surface area contributed by atoms with Crippen molar-refractivity contribution in [3.05, 3.63) is 64.8 Å². The Labute approximate surface area is 194 Å². The molecule has 1 saturated heterocycles. The SMILES string of the molecule is Cc1cc(OC2CC2)c(CN2CCC(C3CC3)C[C@H]2c2ccc(C(=O)O)cc2)c2cc[nH]c12. The van der Waals surface area contributed by atoms with Crippen LogP contribution in [0.3, 0.4) is 0 Å². The van der Waals surface area contributed by atoms with Crippen LogP contribution in [0.2, 0.25) is 0 Å². The zero-order chi connectivity index (χ0) is 22.5. The van der Waals surface area contributed by atoms with Gasteiger partial charge in [0.15, 0.2) is 0 Å². The van der Waals surface area contributed by atoms with Crippen LogP contribution in [0.15, 0.2) is 42.6 Å². The normalized spacial score (nSPS) is 23.7. The Kier molecular flexibility index (Phi) is 5.17. The number of carbonyl (C=O) groups is 1. The molecule has 1 aliphatic heterocycles. The Hall–Kier alpha value is -2.79. The first-order chi connectivity index (χ1) is 16.1. The van der Waals surface area contributed by atoms with Crippen molar-refractivity contribution < 1.29 is 14.6 Å². The zero-order valence-corrected chi connectivity index (χ0v) is 19.2. The summed E-state index contributed by atoms with van der Waals surface area (Å²) in [6.45, 7) is 4.06. The Morgan fingerprint density at radius 1 is 1.09 bits per heavy atom. The minimum absolute atomic E-state index is 0.302. The number of hydrogen-bond acceptors (Lipinski definition) is 3. The number of ether oxygens (including phenoxy) is 1. The van der Waals surface area contributed by atoms with Crippen LogP contribution in [-0.4, -0.2) is 33.6 Å². The van der Waals surface area contributed by atoms with E-state index in [0.717, 1.165) is 49.9 Å². The molecule has 0 amide bonds. The van der Waals surface area contributed by atoms with Gasteiger partial charge in [-0.1, -0.05) is 12.1 Å². The highest BCUT2D eigenvalue weighted by Gasteiger charge is 2.38. The molecule has 2 aliphatic carbocycles. The van der Waals surface area contributed by atoms with Crippen molar-refractivity contribution in [2.24, 2.45) is 11.8 Å². The number of aromatic amines is 1. The van der Waals surface area contributed by atoms with Crippen molar-refractivity contribution >= 4 is 16.9 Å². The van der Waals surface area contributed by atoms with Crippen LogP contribution < -0.4 is 4.74 Å². The van der Waals surface area contributed by atoms with Crippen LogP contribution >= 0.6 is 0 Å². The number of aryl methyl sites for hydroxylation is 1. The lowest BCUT2D eigenvalue weighted by atomic mass is 9.83. The van der Waals surface area contributed by atoms with Crippen molar-refractivity contribution in [2.75, 3.05) is 6.54 Å². The maximum Gasteiger partial charge on any atom is 0.335 e. The number of hydrogen-bond donors (Lipinski definition) is 2. The number of likely N-dealkylation sites (tertiary alicyclic amines) is 1. The molecular formula is C28H32N2O3. The summed E-state index contributed by atoms with van der Waals surface area (Å²) in [6.07, 6.45) is 9.83. The van der Waals surface area contributed by atoms with Gasteiger partial charge in [0.25, 0.3) is 0 Å². The van der Waals surface area contributed by atoms with E-state index < -0.39 is 5.97 Å². The van der Waals surface area contributed by atoms with Crippen molar-refractivity contribution in [2.45, 2.75) is 64.1 Å². The molecule has 1 unspecified atom stereocenters. The highest BCUT2D eigenvalue weighted by molar-refractivity contribution is 5.88. The molecular weight excluding hydrogens is 412 g/mol. The molecule has 3 aliphatic rings. The Morgan fingerprint density at radius 2 is 1.88 bits per heavy atom. The van der Waals surface area contributed by atoms with Crippen molar-refractivity contribution in [3.63, 3.8) is 0 Å². The first-order valence-corrected chi connectivity index (χ1v) is 12.4. The van der Waals surface area contributed by atoms with Gasteiger partial charge in [0.2, 0.25) is 0 Å². The first-order valence-electron chi connectivity index (χ1n) is 12.4. The van der Waals surface area contributed by atoms with Crippen LogP contribution in [-0.2, 0) is 6.54 Å². The smallest absolute Gasteiger partial charge is 0.335 e. The van der Waals surface area contributed by atoms with Gasteiger partial charge in [0, 0.05) is 35.2 Å². The standard InChI is InChI=1S/C28H32N2O3/c1-17-14-26(33-22-8-9-22)24(23-10-12-29-27(17)23)16-30-13-11-21(18-2-3-18)15-25(30)19-4-6-20(7-5-19)28(31)32/h4-7,10,12,14,18,21-22,25,29H,2-3,8-9,11,13,15-16H2,1H3,(H,31,32)/t21?,25-/m0/s1. The average Bonchev–Trinajstić information content (AvgIpc) is 3.75. The van der Waals surface area contributed by atoms with Crippen molar-refractivity contribution in [3.8, 4) is 5.75 Å². The molecule has 5 heteroatoms. The summed E-state index contributed by atoms with van der Waals surface area (Å²) in [6, 6.07) is 12.3. The lowest BCUT2D eigenvalue weighted by Crippen LogP contribution is -2.37. The molecule has 2 atom stereocenters. The predicted octanol–water partition coefficient (Wildman–Crippen LogP) is 6.08. The molecule has 3 aromatic rings. The highest BCUT2D eigenvalue weighted by atomic mass is 16.5. The highest BCUT2D eigenvalue weighted by Crippen LogP contribution is 2.47. The number of aromatic carboxylic acids is 1. The van der Waals surface area contributed by atoms with Gasteiger partial charge >= 0.3 is 5.97 Å². The van der Waals surface area contributed by atoms with E-state index in [4.69, 9.17) is 4.74 Å². The Balaban J connectivity index is 1.35. The van der Waals surface area contributed by atoms with Gasteiger partial charge in [0.05, 0.1) is 11.7 Å². The fraction of sp³-hybridized carbons (Fsp3) is 0.464. The molecule has 3 fully saturated rings. The van der Waals surface area contributed by atoms with E-state index in [1.807, 2.05) is 18.3 Å². The minimum Gasteiger partial charge on any atom is -0.490 e. The molecule has 2 heterocycles. The second kappa shape index (κ2) is 8.21. The number of piperidine rings is 1. The fourth-order valence-corrected chi connectivity index (χ4v) is 5.69. The number of benzene rings is 2. The van der Waals surface area contributed by atoms with Crippen LogP contribution in [0.25, 0.3) is 10.9 Å². The van der Waals surface area contributed by atoms with E-state index >= 15 is 0 Å². The van der Waals surface area contributed by atoms with Crippen LogP contribution in [0, 0.1) is 18.8 Å². The van der Waals surface area contributed by atoms with Crippen molar-refractivity contribution in [1.82, 2.24) is 9.88 Å². The molecule has 0 bridgehead atoms. The molecule has 0 spiro atoms. The number of aromatic nitrogens is 1. The lowest BCUT2D eigenvalue weighted by molar-refractivity contribution is 0.0696. The lowest BCUT2D eigenvalue weighted by Gasteiger charge is -2.40. The zero-order valence-electron chi connectivity index (χ0n) is 19.2. The molecule has 2 aromatic carbocycles. The molecule has 6 rings (SSSR count). The molecule has 172 valence electrons. The number of nitrogens with one attached hydrogen (secondary N) is 1. The van der Waals surface area contributed by atoms with Crippen LogP contribution in [0.5, 0.6) is 5.75 Å². The van der Waals surface area contributed by atoms with Gasteiger partial charge in [-0.2, -0.15) is 0 Å². The molecule has 5 nitrogen and oxygen atoms in total. The molecule has 1 aromatic heterocycles. The van der Waals surface area contributed by atoms with E-state index in [9.17, 15) is 9.90 Å². The number of carboxylic acid groups (broad SMARTS) is 1. The molecule has 33 heavy (non-hydrogen) atoms. The first kappa shape index (κ1) is 20.8. The number of fused-ring (bicyclic) bond motifs is 1. The fourth-order valence-electron chi connectivity index (χ4n) is 5.69. The maximum atomic E-state index is 11.4. The number of carboxylic acids is 1. The Bertz CT molecular complexity index is 1170. The average molecular weight is 445 g/mol. The van der Waals surface area contributed by atoms with Gasteiger partial charge in [0.1, 0.15) is 5.75 Å². The second-order valence-corrected chi connectivity index (χ2v) is 10.3. The topological polar surface area (TPSA) is 65.6 Å². The molecule has 2 saturated carbocycles. The number of rotatable bonds is 7. The third-order valence-corrected chi connectivity index (χ3v) is 7.88. The minimum atomic E-state index is -0.866. The van der Waals surface area contributed by atoms with Gasteiger partial charge in [-0.3, -0.25) is 4.90 Å². The second-order valence-electron chi connectivity index (χ2n) is 10.3. The quantitative estimate of drug-likeness (QED) is 0.464. The van der Waals surface area contributed by atoms with Crippen LogP contribution in [0.4, 0.5) is 0 Å². The van der Waals surface area contributed by atoms with E-state index in [1.54, 1.807) is 12.1 Å². The number of nitrogens with zero attached hydrogens (tertiary/aromatic N) is 1. The summed E-state index contributed by atoms with van der Waals surface area (Å²) < 4.78 is 6.40.